The summed E-state index contributed by atoms with van der Waals surface area (Å²) in [6.07, 6.45) is 11.3. The third kappa shape index (κ3) is 4.18. The summed E-state index contributed by atoms with van der Waals surface area (Å²) in [5.74, 6) is 1.87. The van der Waals surface area contributed by atoms with Gasteiger partial charge in [-0.05, 0) is 56.3 Å². The van der Waals surface area contributed by atoms with Crippen LogP contribution < -0.4 is 5.32 Å². The largest absolute Gasteiger partial charge is 0.461 e. The average Bonchev–Trinajstić information content (AvgIpc) is 2.84. The van der Waals surface area contributed by atoms with Gasteiger partial charge < -0.3 is 10.1 Å². The van der Waals surface area contributed by atoms with E-state index in [9.17, 15) is 4.79 Å². The minimum atomic E-state index is 0.0531. The quantitative estimate of drug-likeness (QED) is 0.548. The Hall–Kier alpha value is -0.830. The Morgan fingerprint density at radius 1 is 1.31 bits per heavy atom. The maximum Gasteiger partial charge on any atom is 0.315 e. The lowest BCUT2D eigenvalue weighted by Crippen LogP contribution is -2.90. The molecule has 26 heavy (non-hydrogen) atoms. The summed E-state index contributed by atoms with van der Waals surface area (Å²) in [5, 5.41) is 2.39. The zero-order chi connectivity index (χ0) is 18.9. The van der Waals surface area contributed by atoms with Crippen LogP contribution in [0.4, 0.5) is 0 Å². The molecule has 0 unspecified atom stereocenters. The lowest BCUT2D eigenvalue weighted by Gasteiger charge is -2.45. The average molecular weight is 363 g/mol. The zero-order valence-corrected chi connectivity index (χ0v) is 17.6. The molecular formula is C23H40NO2+. The van der Waals surface area contributed by atoms with Crippen molar-refractivity contribution in [1.82, 2.24) is 0 Å². The number of hydrogen-bond acceptors (Lipinski definition) is 2. The maximum absolute atomic E-state index is 12.6. The van der Waals surface area contributed by atoms with E-state index in [4.69, 9.17) is 4.74 Å². The molecule has 148 valence electrons. The van der Waals surface area contributed by atoms with Crippen molar-refractivity contribution in [1.29, 1.82) is 0 Å². The fourth-order valence-corrected chi connectivity index (χ4v) is 5.66. The second kappa shape index (κ2) is 8.04. The molecule has 3 aliphatic rings. The highest BCUT2D eigenvalue weighted by atomic mass is 16.6. The molecule has 1 saturated heterocycles. The molecule has 1 heterocycles. The second-order valence-corrected chi connectivity index (χ2v) is 10.1. The molecule has 0 amide bonds. The van der Waals surface area contributed by atoms with Gasteiger partial charge in [0.05, 0.1) is 12.6 Å². The SMILES string of the molecule is CC(C)CCC[C@H](C)[NH2+]C[C@@H]1C(=O)O[C@@H]2C[C@@]3(C)CCC[C@H](C)C3=C[C@H]12. The summed E-state index contributed by atoms with van der Waals surface area (Å²) in [6, 6.07) is 0.593. The summed E-state index contributed by atoms with van der Waals surface area (Å²) in [5.41, 5.74) is 1.89. The van der Waals surface area contributed by atoms with E-state index >= 15 is 0 Å². The van der Waals surface area contributed by atoms with Crippen LogP contribution in [0.5, 0.6) is 0 Å². The van der Waals surface area contributed by atoms with E-state index in [1.165, 1.54) is 38.5 Å². The number of fused-ring (bicyclic) bond motifs is 2. The monoisotopic (exact) mass is 362 g/mol. The van der Waals surface area contributed by atoms with Crippen molar-refractivity contribution >= 4 is 5.97 Å². The predicted molar refractivity (Wildman–Crippen MR) is 106 cm³/mol. The molecule has 3 rings (SSSR count). The van der Waals surface area contributed by atoms with Crippen molar-refractivity contribution in [3.05, 3.63) is 11.6 Å². The highest BCUT2D eigenvalue weighted by molar-refractivity contribution is 5.76. The first-order valence-corrected chi connectivity index (χ1v) is 11.1. The highest BCUT2D eigenvalue weighted by Crippen LogP contribution is 2.53. The fraction of sp³-hybridized carbons (Fsp3) is 0.870. The van der Waals surface area contributed by atoms with Crippen molar-refractivity contribution in [2.24, 2.45) is 29.1 Å². The minimum Gasteiger partial charge on any atom is -0.461 e. The summed E-state index contributed by atoms with van der Waals surface area (Å²) in [4.78, 5) is 12.6. The van der Waals surface area contributed by atoms with E-state index in [1.807, 2.05) is 0 Å². The molecule has 2 N–H and O–H groups in total. The summed E-state index contributed by atoms with van der Waals surface area (Å²) in [6.45, 7) is 12.5. The van der Waals surface area contributed by atoms with Gasteiger partial charge in [0.15, 0.2) is 0 Å². The van der Waals surface area contributed by atoms with Gasteiger partial charge >= 0.3 is 5.97 Å². The highest BCUT2D eigenvalue weighted by Gasteiger charge is 2.52. The molecule has 0 spiro atoms. The number of nitrogens with two attached hydrogens (primary N) is 1. The van der Waals surface area contributed by atoms with Crippen LogP contribution in [0.1, 0.15) is 79.6 Å². The Balaban J connectivity index is 1.61. The van der Waals surface area contributed by atoms with E-state index in [1.54, 1.807) is 5.57 Å². The standard InChI is InChI=1S/C23H39NO2/c1-15(2)8-6-10-17(4)24-14-19-18-12-20-16(3)9-7-11-23(20,5)13-21(18)26-22(19)25/h12,15-19,21,24H,6-11,13-14H2,1-5H3/p+1/t16-,17-,18+,19-,21+,23+/m0/s1. The first-order chi connectivity index (χ1) is 12.3. The first-order valence-electron chi connectivity index (χ1n) is 11.1. The molecule has 0 aromatic heterocycles. The van der Waals surface area contributed by atoms with E-state index < -0.39 is 0 Å². The van der Waals surface area contributed by atoms with E-state index in [0.29, 0.717) is 17.9 Å². The molecule has 0 aromatic rings. The van der Waals surface area contributed by atoms with Gasteiger partial charge in [-0.15, -0.1) is 0 Å². The Labute approximate surface area is 160 Å². The smallest absolute Gasteiger partial charge is 0.315 e. The zero-order valence-electron chi connectivity index (χ0n) is 17.6. The molecular weight excluding hydrogens is 322 g/mol. The number of ether oxygens (including phenoxy) is 1. The molecule has 0 bridgehead atoms. The fourth-order valence-electron chi connectivity index (χ4n) is 5.66. The first kappa shape index (κ1) is 19.9. The Kier molecular flexibility index (Phi) is 6.16. The molecule has 1 aliphatic heterocycles. The second-order valence-electron chi connectivity index (χ2n) is 10.1. The van der Waals surface area contributed by atoms with Gasteiger partial charge in [0.1, 0.15) is 12.0 Å². The van der Waals surface area contributed by atoms with Crippen molar-refractivity contribution in [3.8, 4) is 0 Å². The number of carbonyl (C=O) groups excluding carboxylic acids is 1. The van der Waals surface area contributed by atoms with Crippen LogP contribution in [0, 0.1) is 29.1 Å². The van der Waals surface area contributed by atoms with Gasteiger partial charge in [-0.25, -0.2) is 0 Å². The molecule has 3 heteroatoms. The number of rotatable bonds is 7. The number of carbonyl (C=O) groups is 1. The summed E-state index contributed by atoms with van der Waals surface area (Å²) >= 11 is 0. The summed E-state index contributed by atoms with van der Waals surface area (Å²) in [7, 11) is 0. The molecule has 1 saturated carbocycles. The summed E-state index contributed by atoms with van der Waals surface area (Å²) < 4.78 is 5.87. The molecule has 2 fully saturated rings. The van der Waals surface area contributed by atoms with Gasteiger partial charge in [0.25, 0.3) is 0 Å². The van der Waals surface area contributed by atoms with Gasteiger partial charge in [0.2, 0.25) is 0 Å². The Morgan fingerprint density at radius 3 is 2.81 bits per heavy atom. The van der Waals surface area contributed by atoms with Gasteiger partial charge in [-0.3, -0.25) is 4.79 Å². The topological polar surface area (TPSA) is 42.9 Å². The van der Waals surface area contributed by atoms with Crippen LogP contribution in [0.15, 0.2) is 11.6 Å². The van der Waals surface area contributed by atoms with Gasteiger partial charge in [-0.1, -0.05) is 52.2 Å². The molecule has 6 atom stereocenters. The number of esters is 1. The number of quaternary nitrogens is 1. The number of hydrogen-bond donors (Lipinski definition) is 1. The third-order valence-corrected chi connectivity index (χ3v) is 7.31. The van der Waals surface area contributed by atoms with Crippen LogP contribution in [0.2, 0.25) is 0 Å². The van der Waals surface area contributed by atoms with Gasteiger partial charge in [0, 0.05) is 5.92 Å². The molecule has 0 radical (unpaired) electrons. The van der Waals surface area contributed by atoms with Crippen molar-refractivity contribution in [3.63, 3.8) is 0 Å². The lowest BCUT2D eigenvalue weighted by molar-refractivity contribution is -0.690. The van der Waals surface area contributed by atoms with Crippen LogP contribution in [0.3, 0.4) is 0 Å². The van der Waals surface area contributed by atoms with E-state index in [2.05, 4.69) is 46.0 Å². The van der Waals surface area contributed by atoms with Gasteiger partial charge in [-0.2, -0.15) is 0 Å². The predicted octanol–water partition coefficient (Wildman–Crippen LogP) is 4.08. The minimum absolute atomic E-state index is 0.0531. The third-order valence-electron chi connectivity index (χ3n) is 7.31. The molecule has 0 aromatic carbocycles. The molecule has 2 aliphatic carbocycles. The molecule has 3 nitrogen and oxygen atoms in total. The number of allylic oxidation sites excluding steroid dienone is 1. The van der Waals surface area contributed by atoms with E-state index in [0.717, 1.165) is 18.9 Å². The lowest BCUT2D eigenvalue weighted by atomic mass is 9.59. The van der Waals surface area contributed by atoms with Crippen LogP contribution in [-0.2, 0) is 9.53 Å². The Bertz CT molecular complexity index is 540. The van der Waals surface area contributed by atoms with E-state index in [-0.39, 0.29) is 23.4 Å². The van der Waals surface area contributed by atoms with Crippen molar-refractivity contribution in [2.75, 3.05) is 6.54 Å². The van der Waals surface area contributed by atoms with Crippen LogP contribution in [-0.4, -0.2) is 24.7 Å². The van der Waals surface area contributed by atoms with Crippen LogP contribution >= 0.6 is 0 Å². The normalized spacial score (nSPS) is 37.8. The maximum atomic E-state index is 12.6. The van der Waals surface area contributed by atoms with Crippen molar-refractivity contribution < 1.29 is 14.8 Å². The van der Waals surface area contributed by atoms with Crippen molar-refractivity contribution in [2.45, 2.75) is 91.7 Å². The Morgan fingerprint density at radius 2 is 2.08 bits per heavy atom. The van der Waals surface area contributed by atoms with Crippen LogP contribution in [0.25, 0.3) is 0 Å².